The lowest BCUT2D eigenvalue weighted by Gasteiger charge is -2.21. The van der Waals surface area contributed by atoms with Crippen LogP contribution in [0.4, 0.5) is 0 Å². The molecule has 1 fully saturated rings. The molecule has 57 heavy (non-hydrogen) atoms. The zero-order valence-corrected chi connectivity index (χ0v) is 32.6. The molecule has 302 valence electrons. The van der Waals surface area contributed by atoms with Gasteiger partial charge in [-0.05, 0) is 96.8 Å². The lowest BCUT2D eigenvalue weighted by atomic mass is 9.98. The zero-order chi connectivity index (χ0) is 41.0. The third kappa shape index (κ3) is 15.1. The molecule has 0 bridgehead atoms. The second-order valence-electron chi connectivity index (χ2n) is 13.2. The Balaban J connectivity index is 1.15. The van der Waals surface area contributed by atoms with Gasteiger partial charge in [0.15, 0.2) is 0 Å². The number of carbonyl (C=O) groups is 5. The highest BCUT2D eigenvalue weighted by Crippen LogP contribution is 2.26. The Morgan fingerprint density at radius 2 is 1.32 bits per heavy atom. The normalized spacial score (nSPS) is 12.6. The van der Waals surface area contributed by atoms with Gasteiger partial charge in [0.1, 0.15) is 36.6 Å². The minimum atomic E-state index is -0.660. The van der Waals surface area contributed by atoms with Crippen LogP contribution >= 0.6 is 0 Å². The van der Waals surface area contributed by atoms with E-state index in [0.29, 0.717) is 36.7 Å². The minimum absolute atomic E-state index is 0.0155. The van der Waals surface area contributed by atoms with Gasteiger partial charge in [-0.1, -0.05) is 56.8 Å². The molecular formula is C45H50O12. The van der Waals surface area contributed by atoms with E-state index in [1.807, 2.05) is 49.4 Å². The molecule has 0 heterocycles. The SMILES string of the molecule is C=C(CC(=O)OC)C(=O)OCCCOc1ccc(-c2ccc(OC(=O)/C=C/c3ccc(OCCOC(=O)C(=C)CC(=O)OC4CCCCC4)c(CC)c3)cc2)cc1. The molecule has 0 unspecified atom stereocenters. The van der Waals surface area contributed by atoms with Crippen LogP contribution in [0.1, 0.15) is 69.4 Å². The number of carbonyl (C=O) groups excluding carboxylic acids is 5. The largest absolute Gasteiger partial charge is 0.493 e. The highest BCUT2D eigenvalue weighted by atomic mass is 16.6. The maximum Gasteiger partial charge on any atom is 0.336 e. The van der Waals surface area contributed by atoms with Crippen LogP contribution in [0.25, 0.3) is 17.2 Å². The summed E-state index contributed by atoms with van der Waals surface area (Å²) in [6.45, 7) is 9.74. The fourth-order valence-electron chi connectivity index (χ4n) is 5.77. The molecule has 1 saturated carbocycles. The van der Waals surface area contributed by atoms with Crippen LogP contribution in [-0.2, 0) is 49.3 Å². The first kappa shape index (κ1) is 43.6. The number of ether oxygens (including phenoxy) is 7. The molecule has 0 spiro atoms. The molecule has 0 N–H and O–H groups in total. The van der Waals surface area contributed by atoms with Gasteiger partial charge in [-0.25, -0.2) is 14.4 Å². The van der Waals surface area contributed by atoms with E-state index in [1.54, 1.807) is 30.3 Å². The number of benzene rings is 3. The van der Waals surface area contributed by atoms with E-state index in [1.165, 1.54) is 13.2 Å². The molecular weight excluding hydrogens is 732 g/mol. The molecule has 0 aliphatic heterocycles. The predicted molar refractivity (Wildman–Crippen MR) is 212 cm³/mol. The maximum absolute atomic E-state index is 12.6. The van der Waals surface area contributed by atoms with E-state index >= 15 is 0 Å². The van der Waals surface area contributed by atoms with Gasteiger partial charge in [-0.15, -0.1) is 0 Å². The number of hydrogen-bond donors (Lipinski definition) is 0. The lowest BCUT2D eigenvalue weighted by Crippen LogP contribution is -2.22. The Labute approximate surface area is 333 Å². The fraction of sp³-hybridized carbons (Fsp3) is 0.356. The Morgan fingerprint density at radius 1 is 0.702 bits per heavy atom. The fourth-order valence-corrected chi connectivity index (χ4v) is 5.77. The maximum atomic E-state index is 12.6. The van der Waals surface area contributed by atoms with Crippen molar-refractivity contribution in [3.05, 3.63) is 108 Å². The number of hydrogen-bond acceptors (Lipinski definition) is 12. The summed E-state index contributed by atoms with van der Waals surface area (Å²) in [4.78, 5) is 60.2. The quantitative estimate of drug-likeness (QED) is 0.0342. The van der Waals surface area contributed by atoms with Crippen molar-refractivity contribution < 1.29 is 57.1 Å². The summed E-state index contributed by atoms with van der Waals surface area (Å²) in [6, 6.07) is 20.1. The third-order valence-electron chi connectivity index (χ3n) is 8.87. The molecule has 1 aliphatic carbocycles. The number of aryl methyl sites for hydroxylation is 1. The highest BCUT2D eigenvalue weighted by Gasteiger charge is 2.20. The lowest BCUT2D eigenvalue weighted by molar-refractivity contribution is -0.151. The standard InChI is InChI=1S/C45H50O12/c1-5-34-30-33(12-22-40(34)53-26-27-55-45(50)32(3)29-43(48)57-38-10-7-6-8-11-38)13-23-41(46)56-39-20-16-36(17-21-39)35-14-18-37(19-15-35)52-24-9-25-54-44(49)31(2)28-42(47)51-4/h12-23,30,38H,2-3,5-11,24-29H2,1,4H3/b23-13+. The summed E-state index contributed by atoms with van der Waals surface area (Å²) in [5.41, 5.74) is 3.62. The van der Waals surface area contributed by atoms with Crippen LogP contribution in [0, 0.1) is 0 Å². The van der Waals surface area contributed by atoms with Crippen LogP contribution in [0.3, 0.4) is 0 Å². The monoisotopic (exact) mass is 782 g/mol. The van der Waals surface area contributed by atoms with E-state index in [0.717, 1.165) is 54.4 Å². The topological polar surface area (TPSA) is 150 Å². The van der Waals surface area contributed by atoms with Gasteiger partial charge in [0, 0.05) is 23.6 Å². The van der Waals surface area contributed by atoms with E-state index in [9.17, 15) is 24.0 Å². The van der Waals surface area contributed by atoms with Gasteiger partial charge in [-0.3, -0.25) is 9.59 Å². The van der Waals surface area contributed by atoms with Crippen molar-refractivity contribution in [1.82, 2.24) is 0 Å². The van der Waals surface area contributed by atoms with E-state index in [-0.39, 0.29) is 49.9 Å². The molecule has 1 aliphatic rings. The van der Waals surface area contributed by atoms with Gasteiger partial charge < -0.3 is 33.2 Å². The summed E-state index contributed by atoms with van der Waals surface area (Å²) in [5.74, 6) is -1.19. The first-order valence-electron chi connectivity index (χ1n) is 19.0. The van der Waals surface area contributed by atoms with Gasteiger partial charge in [0.2, 0.25) is 0 Å². The van der Waals surface area contributed by atoms with E-state index in [4.69, 9.17) is 28.4 Å². The molecule has 0 aromatic heterocycles. The zero-order valence-electron chi connectivity index (χ0n) is 32.6. The molecule has 0 radical (unpaired) electrons. The Hall–Kier alpha value is -6.17. The average Bonchev–Trinajstić information content (AvgIpc) is 3.22. The molecule has 3 aromatic rings. The van der Waals surface area contributed by atoms with Crippen LogP contribution < -0.4 is 14.2 Å². The van der Waals surface area contributed by atoms with E-state index in [2.05, 4.69) is 17.9 Å². The van der Waals surface area contributed by atoms with Gasteiger partial charge in [0.05, 0.1) is 33.2 Å². The van der Waals surface area contributed by atoms with Crippen LogP contribution in [0.5, 0.6) is 17.2 Å². The van der Waals surface area contributed by atoms with Crippen molar-refractivity contribution in [2.45, 2.75) is 70.8 Å². The van der Waals surface area contributed by atoms with Crippen molar-refractivity contribution in [2.24, 2.45) is 0 Å². The molecule has 0 atom stereocenters. The molecule has 12 heteroatoms. The Bertz CT molecular complexity index is 1890. The molecule has 12 nitrogen and oxygen atoms in total. The molecule has 0 amide bonds. The third-order valence-corrected chi connectivity index (χ3v) is 8.87. The van der Waals surface area contributed by atoms with Crippen molar-refractivity contribution in [3.8, 4) is 28.4 Å². The molecule has 4 rings (SSSR count). The highest BCUT2D eigenvalue weighted by molar-refractivity contribution is 5.94. The summed E-state index contributed by atoms with van der Waals surface area (Å²) < 4.78 is 37.4. The Kier molecular flexibility index (Phi) is 17.6. The first-order chi connectivity index (χ1) is 27.5. The molecule has 0 saturated heterocycles. The van der Waals surface area contributed by atoms with Crippen molar-refractivity contribution in [1.29, 1.82) is 0 Å². The number of rotatable bonds is 21. The van der Waals surface area contributed by atoms with Gasteiger partial charge in [0.25, 0.3) is 0 Å². The van der Waals surface area contributed by atoms with E-state index < -0.39 is 29.8 Å². The van der Waals surface area contributed by atoms with Gasteiger partial charge in [-0.2, -0.15) is 0 Å². The number of esters is 5. The van der Waals surface area contributed by atoms with Crippen molar-refractivity contribution in [3.63, 3.8) is 0 Å². The number of methoxy groups -OCH3 is 1. The summed E-state index contributed by atoms with van der Waals surface area (Å²) in [7, 11) is 1.24. The summed E-state index contributed by atoms with van der Waals surface area (Å²) in [6.07, 6.45) is 8.57. The van der Waals surface area contributed by atoms with Crippen LogP contribution in [-0.4, -0.2) is 69.5 Å². The molecule has 3 aromatic carbocycles. The van der Waals surface area contributed by atoms with Crippen LogP contribution in [0.2, 0.25) is 0 Å². The van der Waals surface area contributed by atoms with Crippen molar-refractivity contribution in [2.75, 3.05) is 33.5 Å². The average molecular weight is 783 g/mol. The second-order valence-corrected chi connectivity index (χ2v) is 13.2. The summed E-state index contributed by atoms with van der Waals surface area (Å²) >= 11 is 0. The van der Waals surface area contributed by atoms with Crippen molar-refractivity contribution >= 4 is 35.9 Å². The summed E-state index contributed by atoms with van der Waals surface area (Å²) in [5, 5.41) is 0. The van der Waals surface area contributed by atoms with Crippen LogP contribution in [0.15, 0.2) is 97.1 Å². The first-order valence-corrected chi connectivity index (χ1v) is 19.0. The smallest absolute Gasteiger partial charge is 0.336 e. The van der Waals surface area contributed by atoms with Gasteiger partial charge >= 0.3 is 29.8 Å². The predicted octanol–water partition coefficient (Wildman–Crippen LogP) is 7.71. The minimum Gasteiger partial charge on any atom is -0.493 e. The Morgan fingerprint density at radius 3 is 1.95 bits per heavy atom. The second kappa shape index (κ2) is 23.0.